The van der Waals surface area contributed by atoms with Gasteiger partial charge < -0.3 is 16.0 Å². The lowest BCUT2D eigenvalue weighted by Crippen LogP contribution is -2.34. The van der Waals surface area contributed by atoms with Gasteiger partial charge in [0.05, 0.1) is 0 Å². The molecule has 0 spiro atoms. The minimum atomic E-state index is -0.0179. The zero-order valence-corrected chi connectivity index (χ0v) is 12.7. The Hall–Kier alpha value is -1.39. The van der Waals surface area contributed by atoms with E-state index in [1.807, 2.05) is 12.1 Å². The van der Waals surface area contributed by atoms with E-state index in [1.54, 1.807) is 0 Å². The first-order valence-electron chi connectivity index (χ1n) is 8.04. The molecule has 0 bridgehead atoms. The molecule has 0 radical (unpaired) electrons. The molecule has 2 aliphatic rings. The topological polar surface area (TPSA) is 53.2 Å². The van der Waals surface area contributed by atoms with E-state index in [2.05, 4.69) is 28.1 Å². The standard InChI is InChI=1S/C17H25N3O/c1-12(21)20-15-4-2-14(3-5-15)16-10-17(16)19-11-13-6-8-18-9-7-13/h2-5,13,16-19H,6-11H2,1H3,(H,20,21)/t16-,17+/m0/s1. The van der Waals surface area contributed by atoms with E-state index in [0.29, 0.717) is 12.0 Å². The zero-order valence-electron chi connectivity index (χ0n) is 12.7. The fourth-order valence-corrected chi connectivity index (χ4v) is 3.21. The molecule has 2 atom stereocenters. The molecule has 21 heavy (non-hydrogen) atoms. The van der Waals surface area contributed by atoms with Crippen LogP contribution in [0.15, 0.2) is 24.3 Å². The number of hydrogen-bond donors (Lipinski definition) is 3. The molecule has 1 heterocycles. The van der Waals surface area contributed by atoms with Crippen molar-refractivity contribution in [2.45, 2.75) is 38.1 Å². The van der Waals surface area contributed by atoms with Crippen molar-refractivity contribution in [3.8, 4) is 0 Å². The van der Waals surface area contributed by atoms with Crippen molar-refractivity contribution in [1.82, 2.24) is 10.6 Å². The highest BCUT2D eigenvalue weighted by atomic mass is 16.1. The lowest BCUT2D eigenvalue weighted by Gasteiger charge is -2.22. The van der Waals surface area contributed by atoms with Crippen LogP contribution in [0.2, 0.25) is 0 Å². The van der Waals surface area contributed by atoms with Crippen molar-refractivity contribution >= 4 is 11.6 Å². The van der Waals surface area contributed by atoms with Crippen LogP contribution in [0.3, 0.4) is 0 Å². The molecule has 114 valence electrons. The maximum atomic E-state index is 11.0. The predicted octanol–water partition coefficient (Wildman–Crippen LogP) is 2.09. The minimum absolute atomic E-state index is 0.0179. The van der Waals surface area contributed by atoms with Crippen LogP contribution in [-0.4, -0.2) is 31.6 Å². The Kier molecular flexibility index (Phi) is 4.56. The van der Waals surface area contributed by atoms with Crippen LogP contribution in [0.1, 0.15) is 37.7 Å². The van der Waals surface area contributed by atoms with Gasteiger partial charge in [-0.1, -0.05) is 12.1 Å². The van der Waals surface area contributed by atoms with Gasteiger partial charge in [-0.2, -0.15) is 0 Å². The third kappa shape index (κ3) is 4.05. The van der Waals surface area contributed by atoms with Crippen LogP contribution in [0.4, 0.5) is 5.69 Å². The molecule has 0 unspecified atom stereocenters. The summed E-state index contributed by atoms with van der Waals surface area (Å²) >= 11 is 0. The van der Waals surface area contributed by atoms with Gasteiger partial charge in [-0.05, 0) is 62.5 Å². The maximum absolute atomic E-state index is 11.0. The Morgan fingerprint density at radius 3 is 2.62 bits per heavy atom. The second-order valence-electron chi connectivity index (χ2n) is 6.35. The van der Waals surface area contributed by atoms with Crippen molar-refractivity contribution in [2.24, 2.45) is 5.92 Å². The molecule has 1 saturated heterocycles. The molecule has 1 saturated carbocycles. The van der Waals surface area contributed by atoms with Gasteiger partial charge in [0.2, 0.25) is 5.91 Å². The van der Waals surface area contributed by atoms with Crippen molar-refractivity contribution in [2.75, 3.05) is 25.0 Å². The van der Waals surface area contributed by atoms with Gasteiger partial charge in [0, 0.05) is 24.6 Å². The van der Waals surface area contributed by atoms with E-state index in [4.69, 9.17) is 0 Å². The highest BCUT2D eigenvalue weighted by molar-refractivity contribution is 5.88. The number of rotatable bonds is 5. The number of nitrogens with one attached hydrogen (secondary N) is 3. The number of carbonyl (C=O) groups excluding carboxylic acids is 1. The van der Waals surface area contributed by atoms with Crippen LogP contribution >= 0.6 is 0 Å². The van der Waals surface area contributed by atoms with Gasteiger partial charge in [-0.15, -0.1) is 0 Å². The molecule has 3 rings (SSSR count). The summed E-state index contributed by atoms with van der Waals surface area (Å²) in [5, 5.41) is 9.95. The number of benzene rings is 1. The van der Waals surface area contributed by atoms with Crippen molar-refractivity contribution in [3.05, 3.63) is 29.8 Å². The van der Waals surface area contributed by atoms with E-state index in [9.17, 15) is 4.79 Å². The Morgan fingerprint density at radius 1 is 1.24 bits per heavy atom. The third-order valence-electron chi connectivity index (χ3n) is 4.58. The van der Waals surface area contributed by atoms with Crippen molar-refractivity contribution < 1.29 is 4.79 Å². The molecule has 1 amide bonds. The zero-order chi connectivity index (χ0) is 14.7. The molecule has 2 fully saturated rings. The lowest BCUT2D eigenvalue weighted by atomic mass is 9.98. The highest BCUT2D eigenvalue weighted by Gasteiger charge is 2.38. The lowest BCUT2D eigenvalue weighted by molar-refractivity contribution is -0.114. The molecule has 4 heteroatoms. The van der Waals surface area contributed by atoms with E-state index < -0.39 is 0 Å². The molecule has 1 aromatic rings. The van der Waals surface area contributed by atoms with Crippen LogP contribution in [0.25, 0.3) is 0 Å². The summed E-state index contributed by atoms with van der Waals surface area (Å²) in [5.41, 5.74) is 2.26. The van der Waals surface area contributed by atoms with Gasteiger partial charge in [-0.3, -0.25) is 4.79 Å². The van der Waals surface area contributed by atoms with Crippen LogP contribution in [-0.2, 0) is 4.79 Å². The summed E-state index contributed by atoms with van der Waals surface area (Å²) in [4.78, 5) is 11.0. The first kappa shape index (κ1) is 14.5. The number of carbonyl (C=O) groups is 1. The van der Waals surface area contributed by atoms with Crippen LogP contribution in [0.5, 0.6) is 0 Å². The maximum Gasteiger partial charge on any atom is 0.221 e. The summed E-state index contributed by atoms with van der Waals surface area (Å²) < 4.78 is 0. The summed E-state index contributed by atoms with van der Waals surface area (Å²) in [6, 6.07) is 8.92. The Balaban J connectivity index is 1.45. The van der Waals surface area contributed by atoms with Crippen molar-refractivity contribution in [3.63, 3.8) is 0 Å². The average Bonchev–Trinajstić information content (AvgIpc) is 3.26. The van der Waals surface area contributed by atoms with Gasteiger partial charge in [-0.25, -0.2) is 0 Å². The van der Waals surface area contributed by atoms with Crippen LogP contribution < -0.4 is 16.0 Å². The van der Waals surface area contributed by atoms with E-state index in [-0.39, 0.29) is 5.91 Å². The second-order valence-corrected chi connectivity index (χ2v) is 6.35. The summed E-state index contributed by atoms with van der Waals surface area (Å²) in [6.07, 6.45) is 3.84. The number of piperidine rings is 1. The number of hydrogen-bond acceptors (Lipinski definition) is 3. The fourth-order valence-electron chi connectivity index (χ4n) is 3.21. The van der Waals surface area contributed by atoms with Gasteiger partial charge >= 0.3 is 0 Å². The highest BCUT2D eigenvalue weighted by Crippen LogP contribution is 2.41. The quantitative estimate of drug-likeness (QED) is 0.777. The average molecular weight is 287 g/mol. The van der Waals surface area contributed by atoms with E-state index in [1.165, 1.54) is 44.8 Å². The third-order valence-corrected chi connectivity index (χ3v) is 4.58. The molecule has 1 aromatic carbocycles. The van der Waals surface area contributed by atoms with E-state index >= 15 is 0 Å². The van der Waals surface area contributed by atoms with Gasteiger partial charge in [0.25, 0.3) is 0 Å². The monoisotopic (exact) mass is 287 g/mol. The number of amides is 1. The van der Waals surface area contributed by atoms with Crippen LogP contribution in [0, 0.1) is 5.92 Å². The molecule has 1 aliphatic carbocycles. The Labute approximate surface area is 126 Å². The molecule has 4 nitrogen and oxygen atoms in total. The summed E-state index contributed by atoms with van der Waals surface area (Å²) in [7, 11) is 0. The van der Waals surface area contributed by atoms with Crippen molar-refractivity contribution in [1.29, 1.82) is 0 Å². The number of anilines is 1. The first-order valence-corrected chi connectivity index (χ1v) is 8.04. The fraction of sp³-hybridized carbons (Fsp3) is 0.588. The molecule has 3 N–H and O–H groups in total. The Bertz CT molecular complexity index is 479. The predicted molar refractivity (Wildman–Crippen MR) is 85.5 cm³/mol. The normalized spacial score (nSPS) is 25.6. The molecule has 1 aliphatic heterocycles. The minimum Gasteiger partial charge on any atom is -0.326 e. The first-order chi connectivity index (χ1) is 10.2. The van der Waals surface area contributed by atoms with Gasteiger partial charge in [0.15, 0.2) is 0 Å². The summed E-state index contributed by atoms with van der Waals surface area (Å²) in [5.74, 6) is 1.48. The SMILES string of the molecule is CC(=O)Nc1ccc([C@@H]2C[C@H]2NCC2CCNCC2)cc1. The summed E-state index contributed by atoms with van der Waals surface area (Å²) in [6.45, 7) is 5.04. The molecular formula is C17H25N3O. The largest absolute Gasteiger partial charge is 0.326 e. The van der Waals surface area contributed by atoms with E-state index in [0.717, 1.165) is 18.2 Å². The Morgan fingerprint density at radius 2 is 1.95 bits per heavy atom. The second kappa shape index (κ2) is 6.58. The smallest absolute Gasteiger partial charge is 0.221 e. The molecular weight excluding hydrogens is 262 g/mol. The van der Waals surface area contributed by atoms with Gasteiger partial charge in [0.1, 0.15) is 0 Å². The molecule has 0 aromatic heterocycles.